The first-order valence-corrected chi connectivity index (χ1v) is 5.13. The molecular formula is C10H21NO2. The molecule has 1 atom stereocenters. The molecular weight excluding hydrogens is 166 g/mol. The van der Waals surface area contributed by atoms with Crippen molar-refractivity contribution in [2.24, 2.45) is 0 Å². The van der Waals surface area contributed by atoms with Crippen molar-refractivity contribution in [2.45, 2.75) is 46.1 Å². The molecule has 0 aliphatic heterocycles. The molecule has 0 aliphatic carbocycles. The van der Waals surface area contributed by atoms with Crippen LogP contribution in [-0.4, -0.2) is 25.2 Å². The second-order valence-corrected chi connectivity index (χ2v) is 3.05. The van der Waals surface area contributed by atoms with Gasteiger partial charge in [0.25, 0.3) is 0 Å². The molecule has 0 bridgehead atoms. The zero-order valence-electron chi connectivity index (χ0n) is 8.93. The third-order valence-electron chi connectivity index (χ3n) is 1.85. The Labute approximate surface area is 80.8 Å². The summed E-state index contributed by atoms with van der Waals surface area (Å²) in [6.07, 6.45) is 2.62. The van der Waals surface area contributed by atoms with E-state index in [0.717, 1.165) is 19.4 Å². The lowest BCUT2D eigenvalue weighted by Gasteiger charge is -2.15. The van der Waals surface area contributed by atoms with Gasteiger partial charge in [-0.25, -0.2) is 0 Å². The van der Waals surface area contributed by atoms with Crippen LogP contribution in [0.3, 0.4) is 0 Å². The van der Waals surface area contributed by atoms with Crippen molar-refractivity contribution in [1.29, 1.82) is 0 Å². The Kier molecular flexibility index (Phi) is 7.69. The lowest BCUT2D eigenvalue weighted by atomic mass is 10.1. The maximum absolute atomic E-state index is 11.1. The summed E-state index contributed by atoms with van der Waals surface area (Å²) in [6.45, 7) is 7.39. The van der Waals surface area contributed by atoms with Crippen molar-refractivity contribution >= 4 is 5.97 Å². The molecule has 0 amide bonds. The summed E-state index contributed by atoms with van der Waals surface area (Å²) in [4.78, 5) is 11.1. The molecule has 3 heteroatoms. The molecule has 0 heterocycles. The third-order valence-corrected chi connectivity index (χ3v) is 1.85. The van der Waals surface area contributed by atoms with Crippen LogP contribution in [0.25, 0.3) is 0 Å². The van der Waals surface area contributed by atoms with Crippen LogP contribution in [0, 0.1) is 0 Å². The van der Waals surface area contributed by atoms with Crippen LogP contribution in [0.5, 0.6) is 0 Å². The van der Waals surface area contributed by atoms with Crippen molar-refractivity contribution in [3.8, 4) is 0 Å². The normalized spacial score (nSPS) is 12.5. The van der Waals surface area contributed by atoms with E-state index in [1.54, 1.807) is 0 Å². The molecule has 0 aromatic carbocycles. The number of rotatable bonds is 7. The topological polar surface area (TPSA) is 38.3 Å². The molecule has 78 valence electrons. The van der Waals surface area contributed by atoms with Gasteiger partial charge in [-0.1, -0.05) is 20.3 Å². The largest absolute Gasteiger partial charge is 0.466 e. The zero-order chi connectivity index (χ0) is 10.1. The lowest BCUT2D eigenvalue weighted by molar-refractivity contribution is -0.143. The van der Waals surface area contributed by atoms with E-state index >= 15 is 0 Å². The molecule has 0 aromatic heterocycles. The highest BCUT2D eigenvalue weighted by atomic mass is 16.5. The third kappa shape index (κ3) is 6.58. The summed E-state index contributed by atoms with van der Waals surface area (Å²) in [5.74, 6) is -0.0955. The predicted molar refractivity (Wildman–Crippen MR) is 53.6 cm³/mol. The maximum atomic E-state index is 11.1. The van der Waals surface area contributed by atoms with Gasteiger partial charge in [-0.15, -0.1) is 0 Å². The summed E-state index contributed by atoms with van der Waals surface area (Å²) in [7, 11) is 0. The van der Waals surface area contributed by atoms with Gasteiger partial charge >= 0.3 is 5.97 Å². The fraction of sp³-hybridized carbons (Fsp3) is 0.900. The van der Waals surface area contributed by atoms with E-state index in [9.17, 15) is 4.79 Å². The Hall–Kier alpha value is -0.570. The van der Waals surface area contributed by atoms with E-state index < -0.39 is 0 Å². The number of hydrogen-bond acceptors (Lipinski definition) is 3. The second-order valence-electron chi connectivity index (χ2n) is 3.05. The molecule has 0 radical (unpaired) electrons. The molecule has 0 spiro atoms. The molecule has 0 aliphatic rings. The first-order valence-electron chi connectivity index (χ1n) is 5.13. The lowest BCUT2D eigenvalue weighted by Crippen LogP contribution is -2.31. The molecule has 3 nitrogen and oxygen atoms in total. The number of nitrogens with one attached hydrogen (secondary N) is 1. The Morgan fingerprint density at radius 1 is 1.38 bits per heavy atom. The van der Waals surface area contributed by atoms with Crippen LogP contribution in [-0.2, 0) is 9.53 Å². The van der Waals surface area contributed by atoms with Crippen LogP contribution < -0.4 is 5.32 Å². The number of carbonyl (C=O) groups is 1. The van der Waals surface area contributed by atoms with Crippen LogP contribution >= 0.6 is 0 Å². The quantitative estimate of drug-likeness (QED) is 0.617. The van der Waals surface area contributed by atoms with E-state index in [0.29, 0.717) is 13.0 Å². The molecule has 0 aromatic rings. The molecule has 0 fully saturated rings. The highest BCUT2D eigenvalue weighted by Gasteiger charge is 2.11. The smallest absolute Gasteiger partial charge is 0.307 e. The van der Waals surface area contributed by atoms with E-state index in [1.807, 2.05) is 13.8 Å². The van der Waals surface area contributed by atoms with Crippen molar-refractivity contribution < 1.29 is 9.53 Å². The SMILES string of the molecule is CCCC(CC(=O)OCC)NCC. The van der Waals surface area contributed by atoms with Gasteiger partial charge in [-0.3, -0.25) is 4.79 Å². The van der Waals surface area contributed by atoms with Crippen LogP contribution in [0.2, 0.25) is 0 Å². The van der Waals surface area contributed by atoms with Crippen LogP contribution in [0.15, 0.2) is 0 Å². The average molecular weight is 187 g/mol. The van der Waals surface area contributed by atoms with Gasteiger partial charge in [0, 0.05) is 6.04 Å². The number of esters is 1. The van der Waals surface area contributed by atoms with E-state index in [2.05, 4.69) is 12.2 Å². The van der Waals surface area contributed by atoms with E-state index in [4.69, 9.17) is 4.74 Å². The molecule has 1 N–H and O–H groups in total. The van der Waals surface area contributed by atoms with Crippen molar-refractivity contribution in [2.75, 3.05) is 13.2 Å². The van der Waals surface area contributed by atoms with Gasteiger partial charge in [-0.2, -0.15) is 0 Å². The number of hydrogen-bond donors (Lipinski definition) is 1. The minimum absolute atomic E-state index is 0.0955. The van der Waals surface area contributed by atoms with Crippen molar-refractivity contribution in [3.05, 3.63) is 0 Å². The highest BCUT2D eigenvalue weighted by molar-refractivity contribution is 5.70. The summed E-state index contributed by atoms with van der Waals surface area (Å²) in [5.41, 5.74) is 0. The van der Waals surface area contributed by atoms with E-state index in [1.165, 1.54) is 0 Å². The number of ether oxygens (including phenoxy) is 1. The predicted octanol–water partition coefficient (Wildman–Crippen LogP) is 1.72. The first kappa shape index (κ1) is 12.4. The van der Waals surface area contributed by atoms with Gasteiger partial charge in [0.2, 0.25) is 0 Å². The van der Waals surface area contributed by atoms with Gasteiger partial charge < -0.3 is 10.1 Å². The first-order chi connectivity index (χ1) is 6.24. The molecule has 0 saturated heterocycles. The fourth-order valence-electron chi connectivity index (χ4n) is 1.33. The van der Waals surface area contributed by atoms with E-state index in [-0.39, 0.29) is 12.0 Å². The monoisotopic (exact) mass is 187 g/mol. The minimum atomic E-state index is -0.0955. The fourth-order valence-corrected chi connectivity index (χ4v) is 1.33. The van der Waals surface area contributed by atoms with Crippen LogP contribution in [0.1, 0.15) is 40.0 Å². The molecule has 13 heavy (non-hydrogen) atoms. The second kappa shape index (κ2) is 8.05. The van der Waals surface area contributed by atoms with Gasteiger partial charge in [0.1, 0.15) is 0 Å². The molecule has 0 saturated carbocycles. The summed E-state index contributed by atoms with van der Waals surface area (Å²) < 4.78 is 4.89. The standard InChI is InChI=1S/C10H21NO2/c1-4-7-9(11-5-2)8-10(12)13-6-3/h9,11H,4-8H2,1-3H3. The Morgan fingerprint density at radius 3 is 2.54 bits per heavy atom. The average Bonchev–Trinajstić information content (AvgIpc) is 2.05. The maximum Gasteiger partial charge on any atom is 0.307 e. The summed E-state index contributed by atoms with van der Waals surface area (Å²) in [5, 5.41) is 3.27. The van der Waals surface area contributed by atoms with Gasteiger partial charge in [0.15, 0.2) is 0 Å². The summed E-state index contributed by atoms with van der Waals surface area (Å²) in [6, 6.07) is 0.286. The zero-order valence-corrected chi connectivity index (χ0v) is 8.93. The Bertz CT molecular complexity index is 131. The molecule has 1 unspecified atom stereocenters. The van der Waals surface area contributed by atoms with Crippen molar-refractivity contribution in [3.63, 3.8) is 0 Å². The summed E-state index contributed by atoms with van der Waals surface area (Å²) >= 11 is 0. The number of carbonyl (C=O) groups excluding carboxylic acids is 1. The van der Waals surface area contributed by atoms with Crippen molar-refractivity contribution in [1.82, 2.24) is 5.32 Å². The molecule has 0 rings (SSSR count). The van der Waals surface area contributed by atoms with Gasteiger partial charge in [-0.05, 0) is 19.9 Å². The Balaban J connectivity index is 3.71. The highest BCUT2D eigenvalue weighted by Crippen LogP contribution is 2.02. The van der Waals surface area contributed by atoms with Gasteiger partial charge in [0.05, 0.1) is 13.0 Å². The Morgan fingerprint density at radius 2 is 2.08 bits per heavy atom. The van der Waals surface area contributed by atoms with Crippen LogP contribution in [0.4, 0.5) is 0 Å². The minimum Gasteiger partial charge on any atom is -0.466 e.